The van der Waals surface area contributed by atoms with Crippen LogP contribution in [-0.2, 0) is 6.55 Å². The molecule has 0 bridgehead atoms. The first-order valence-electron chi connectivity index (χ1n) is 5.32. The standard InChI is InChI=1S/C12H16O4Si/c1-7-10(14-3)9-11(15-4)8(13-2)6-16-12(9)17(7)5/h6H,1-5H3. The van der Waals surface area contributed by atoms with E-state index in [9.17, 15) is 0 Å². The van der Waals surface area contributed by atoms with Gasteiger partial charge in [-0.1, -0.05) is 0 Å². The zero-order chi connectivity index (χ0) is 12.6. The summed E-state index contributed by atoms with van der Waals surface area (Å²) in [6, 6.07) is 0. The number of rotatable bonds is 3. The fourth-order valence-electron chi connectivity index (χ4n) is 2.06. The minimum absolute atomic E-state index is 0.588. The second kappa shape index (κ2) is 4.41. The van der Waals surface area contributed by atoms with E-state index in [-0.39, 0.29) is 0 Å². The highest BCUT2D eigenvalue weighted by Gasteiger charge is 2.28. The molecule has 0 saturated heterocycles. The largest absolute Gasteiger partial charge is 0.496 e. The predicted molar refractivity (Wildman–Crippen MR) is 66.7 cm³/mol. The fourth-order valence-corrected chi connectivity index (χ4v) is 3.81. The third kappa shape index (κ3) is 1.61. The highest BCUT2D eigenvalue weighted by atomic mass is 28.2. The highest BCUT2D eigenvalue weighted by Crippen LogP contribution is 2.47. The molecule has 0 spiro atoms. The van der Waals surface area contributed by atoms with Crippen molar-refractivity contribution in [3.8, 4) is 28.2 Å². The smallest absolute Gasteiger partial charge is 0.197 e. The minimum atomic E-state index is -0.856. The number of methoxy groups -OCH3 is 3. The molecule has 0 atom stereocenters. The monoisotopic (exact) mass is 252 g/mol. The zero-order valence-electron chi connectivity index (χ0n) is 10.7. The Bertz CT molecular complexity index is 518. The van der Waals surface area contributed by atoms with Crippen LogP contribution >= 0.6 is 0 Å². The Morgan fingerprint density at radius 2 is 1.71 bits per heavy atom. The molecule has 4 nitrogen and oxygen atoms in total. The van der Waals surface area contributed by atoms with Crippen molar-refractivity contribution >= 4 is 8.40 Å². The van der Waals surface area contributed by atoms with Gasteiger partial charge in [0.15, 0.2) is 11.5 Å². The molecule has 0 aromatic rings. The quantitative estimate of drug-likeness (QED) is 0.786. The van der Waals surface area contributed by atoms with Crippen LogP contribution in [0.3, 0.4) is 0 Å². The lowest BCUT2D eigenvalue weighted by molar-refractivity contribution is 0.337. The maximum Gasteiger partial charge on any atom is 0.197 e. The maximum absolute atomic E-state index is 5.67. The van der Waals surface area contributed by atoms with Gasteiger partial charge < -0.3 is 18.6 Å². The van der Waals surface area contributed by atoms with Crippen LogP contribution in [0.2, 0.25) is 0 Å². The van der Waals surface area contributed by atoms with Crippen LogP contribution in [-0.4, -0.2) is 29.7 Å². The van der Waals surface area contributed by atoms with E-state index in [1.54, 1.807) is 27.6 Å². The molecule has 0 aromatic heterocycles. The SMILES string of the molecule is COc1coc2[si](C)c(C)c(OC)c-2c1OC. The Morgan fingerprint density at radius 3 is 2.24 bits per heavy atom. The van der Waals surface area contributed by atoms with E-state index >= 15 is 0 Å². The van der Waals surface area contributed by atoms with Gasteiger partial charge in [-0.15, -0.1) is 0 Å². The Morgan fingerprint density at radius 1 is 1.06 bits per heavy atom. The van der Waals surface area contributed by atoms with E-state index < -0.39 is 8.40 Å². The highest BCUT2D eigenvalue weighted by molar-refractivity contribution is 6.60. The van der Waals surface area contributed by atoms with Crippen LogP contribution in [0.25, 0.3) is 10.9 Å². The van der Waals surface area contributed by atoms with Crippen LogP contribution in [0, 0.1) is 6.92 Å². The van der Waals surface area contributed by atoms with E-state index in [1.165, 1.54) is 5.17 Å². The Kier molecular flexibility index (Phi) is 3.10. The second-order valence-electron chi connectivity index (χ2n) is 3.82. The maximum atomic E-state index is 5.67. The lowest BCUT2D eigenvalue weighted by Crippen LogP contribution is -1.97. The van der Waals surface area contributed by atoms with Gasteiger partial charge in [0.1, 0.15) is 17.4 Å². The van der Waals surface area contributed by atoms with Crippen molar-refractivity contribution in [2.45, 2.75) is 6.92 Å². The Balaban J connectivity index is 2.84. The zero-order valence-corrected chi connectivity index (χ0v) is 11.7. The summed E-state index contributed by atoms with van der Waals surface area (Å²) in [4.78, 5) is 0. The third-order valence-corrected chi connectivity index (χ3v) is 5.46. The van der Waals surface area contributed by atoms with Crippen LogP contribution in [0.15, 0.2) is 10.7 Å². The first-order chi connectivity index (χ1) is 8.15. The molecule has 0 amide bonds. The van der Waals surface area contributed by atoms with Crippen molar-refractivity contribution in [3.63, 3.8) is 0 Å². The minimum Gasteiger partial charge on any atom is -0.496 e. The van der Waals surface area contributed by atoms with E-state index in [0.717, 1.165) is 16.7 Å². The van der Waals surface area contributed by atoms with Crippen molar-refractivity contribution in [1.82, 2.24) is 0 Å². The molecule has 0 saturated carbocycles. The van der Waals surface area contributed by atoms with Crippen molar-refractivity contribution in [1.29, 1.82) is 0 Å². The van der Waals surface area contributed by atoms with Gasteiger partial charge in [-0.3, -0.25) is 0 Å². The molecule has 0 fully saturated rings. The average molecular weight is 252 g/mol. The summed E-state index contributed by atoms with van der Waals surface area (Å²) in [5, 5.41) is 2.20. The van der Waals surface area contributed by atoms with Crippen LogP contribution in [0.4, 0.5) is 0 Å². The van der Waals surface area contributed by atoms with Crippen LogP contribution in [0.1, 0.15) is 5.17 Å². The molecular weight excluding hydrogens is 236 g/mol. The molecule has 92 valence electrons. The summed E-state index contributed by atoms with van der Waals surface area (Å²) < 4.78 is 21.8. The summed E-state index contributed by atoms with van der Waals surface area (Å²) in [6.45, 7) is 4.26. The van der Waals surface area contributed by atoms with E-state index in [4.69, 9.17) is 18.6 Å². The van der Waals surface area contributed by atoms with Crippen molar-refractivity contribution in [2.24, 2.45) is 6.55 Å². The lowest BCUT2D eigenvalue weighted by Gasteiger charge is -2.13. The van der Waals surface area contributed by atoms with Gasteiger partial charge in [0.05, 0.1) is 35.3 Å². The van der Waals surface area contributed by atoms with E-state index in [1.807, 2.05) is 0 Å². The summed E-state index contributed by atoms with van der Waals surface area (Å²) in [5.74, 6) is 2.13. The molecule has 17 heavy (non-hydrogen) atoms. The predicted octanol–water partition coefficient (Wildman–Crippen LogP) is 2.28. The topological polar surface area (TPSA) is 40.8 Å². The summed E-state index contributed by atoms with van der Waals surface area (Å²) in [6.07, 6.45) is 1.59. The normalized spacial score (nSPS) is 10.6. The Hall–Kier alpha value is -1.49. The van der Waals surface area contributed by atoms with Crippen LogP contribution < -0.4 is 14.2 Å². The molecule has 0 N–H and O–H groups in total. The molecule has 0 unspecified atom stereocenters. The number of fused-ring (bicyclic) bond motifs is 1. The molecule has 0 aliphatic carbocycles. The molecule has 2 aliphatic rings. The third-order valence-electron chi connectivity index (χ3n) is 3.06. The molecule has 0 aromatic carbocycles. The van der Waals surface area contributed by atoms with Gasteiger partial charge >= 0.3 is 0 Å². The number of ether oxygens (including phenoxy) is 3. The molecule has 0 radical (unpaired) electrons. The van der Waals surface area contributed by atoms with Gasteiger partial charge in [-0.05, 0) is 18.6 Å². The summed E-state index contributed by atoms with van der Waals surface area (Å²) in [5.41, 5.74) is 0.906. The first-order valence-corrected chi connectivity index (χ1v) is 7.32. The van der Waals surface area contributed by atoms with E-state index in [2.05, 4.69) is 13.5 Å². The summed E-state index contributed by atoms with van der Waals surface area (Å²) >= 11 is 0. The van der Waals surface area contributed by atoms with Gasteiger partial charge in [-0.2, -0.15) is 0 Å². The number of hydrogen-bond donors (Lipinski definition) is 0. The lowest BCUT2D eigenvalue weighted by atomic mass is 10.2. The molecule has 5 heteroatoms. The molecular formula is C12H16O4Si. The van der Waals surface area contributed by atoms with Crippen molar-refractivity contribution in [2.75, 3.05) is 21.3 Å². The van der Waals surface area contributed by atoms with Crippen LogP contribution in [0.5, 0.6) is 17.2 Å². The molecule has 2 rings (SSSR count). The van der Waals surface area contributed by atoms with Gasteiger partial charge in [0.25, 0.3) is 0 Å². The average Bonchev–Trinajstić information content (AvgIpc) is 2.60. The van der Waals surface area contributed by atoms with Gasteiger partial charge in [0.2, 0.25) is 0 Å². The second-order valence-corrected chi connectivity index (χ2v) is 6.28. The molecule has 2 heterocycles. The van der Waals surface area contributed by atoms with E-state index in [0.29, 0.717) is 11.5 Å². The number of hydrogen-bond acceptors (Lipinski definition) is 4. The van der Waals surface area contributed by atoms with Gasteiger partial charge in [0, 0.05) is 0 Å². The first kappa shape index (κ1) is 12.0. The van der Waals surface area contributed by atoms with Gasteiger partial charge in [-0.25, -0.2) is 0 Å². The molecule has 2 aliphatic heterocycles. The Labute approximate surface area is 102 Å². The van der Waals surface area contributed by atoms with Crippen molar-refractivity contribution < 1.29 is 18.6 Å². The summed E-state index contributed by atoms with van der Waals surface area (Å²) in [7, 11) is 4.03. The van der Waals surface area contributed by atoms with Crippen molar-refractivity contribution in [3.05, 3.63) is 11.4 Å². The fraction of sp³-hybridized carbons (Fsp3) is 0.417.